The predicted molar refractivity (Wildman–Crippen MR) is 61.0 cm³/mol. The Balaban J connectivity index is 2.07. The first kappa shape index (κ1) is 15.0. The Bertz CT molecular complexity index is 594. The van der Waals surface area contributed by atoms with Gasteiger partial charge in [-0.3, -0.25) is 9.69 Å². The molecule has 114 valence electrons. The molecular formula is C11H10F3N3O4. The normalized spacial score (nSPS) is 12.0. The molecule has 0 radical (unpaired) electrons. The summed E-state index contributed by atoms with van der Waals surface area (Å²) in [7, 11) is 0. The fourth-order valence-corrected chi connectivity index (χ4v) is 1.63. The highest BCUT2D eigenvalue weighted by Gasteiger charge is 2.32. The lowest BCUT2D eigenvalue weighted by atomic mass is 10.4. The number of furan rings is 1. The van der Waals surface area contributed by atoms with E-state index in [0.29, 0.717) is 10.7 Å². The van der Waals surface area contributed by atoms with Crippen LogP contribution in [0.1, 0.15) is 5.89 Å². The van der Waals surface area contributed by atoms with Gasteiger partial charge in [0.25, 0.3) is 0 Å². The van der Waals surface area contributed by atoms with Crippen molar-refractivity contribution >= 4 is 5.97 Å². The number of hydrogen-bond acceptors (Lipinski definition) is 6. The van der Waals surface area contributed by atoms with E-state index in [1.54, 1.807) is 12.1 Å². The smallest absolute Gasteiger partial charge is 0.401 e. The highest BCUT2D eigenvalue weighted by atomic mass is 19.4. The lowest BCUT2D eigenvalue weighted by Crippen LogP contribution is -2.37. The molecule has 2 heterocycles. The van der Waals surface area contributed by atoms with Gasteiger partial charge in [0.1, 0.15) is 0 Å². The number of carboxylic acids is 1. The van der Waals surface area contributed by atoms with E-state index in [9.17, 15) is 18.0 Å². The highest BCUT2D eigenvalue weighted by molar-refractivity contribution is 5.69. The largest absolute Gasteiger partial charge is 0.480 e. The second-order valence-electron chi connectivity index (χ2n) is 4.14. The average molecular weight is 305 g/mol. The van der Waals surface area contributed by atoms with E-state index >= 15 is 0 Å². The third kappa shape index (κ3) is 4.60. The van der Waals surface area contributed by atoms with E-state index in [1.165, 1.54) is 6.26 Å². The highest BCUT2D eigenvalue weighted by Crippen LogP contribution is 2.19. The molecule has 0 aliphatic carbocycles. The summed E-state index contributed by atoms with van der Waals surface area (Å²) >= 11 is 0. The van der Waals surface area contributed by atoms with Crippen molar-refractivity contribution in [1.82, 2.24) is 15.0 Å². The number of carbonyl (C=O) groups is 1. The molecule has 0 aliphatic rings. The first-order chi connectivity index (χ1) is 9.83. The monoisotopic (exact) mass is 305 g/mol. The molecular weight excluding hydrogens is 295 g/mol. The second-order valence-corrected chi connectivity index (χ2v) is 4.14. The molecule has 21 heavy (non-hydrogen) atoms. The van der Waals surface area contributed by atoms with Gasteiger partial charge < -0.3 is 14.0 Å². The molecule has 0 spiro atoms. The number of aliphatic carboxylic acids is 1. The van der Waals surface area contributed by atoms with Crippen molar-refractivity contribution in [2.24, 2.45) is 0 Å². The Kier molecular flexibility index (Phi) is 4.26. The number of alkyl halides is 3. The molecule has 0 atom stereocenters. The average Bonchev–Trinajstić information content (AvgIpc) is 2.94. The third-order valence-corrected chi connectivity index (χ3v) is 2.33. The Morgan fingerprint density at radius 3 is 2.76 bits per heavy atom. The molecule has 2 aromatic rings. The summed E-state index contributed by atoms with van der Waals surface area (Å²) in [5, 5.41) is 12.2. The SMILES string of the molecule is O=C(O)CN(Cc1nc(-c2ccco2)no1)CC(F)(F)F. The minimum absolute atomic E-state index is 0.0808. The molecule has 0 amide bonds. The summed E-state index contributed by atoms with van der Waals surface area (Å²) in [5.41, 5.74) is 0. The van der Waals surface area contributed by atoms with E-state index in [0.717, 1.165) is 0 Å². The third-order valence-electron chi connectivity index (χ3n) is 2.33. The van der Waals surface area contributed by atoms with Crippen molar-refractivity contribution in [2.75, 3.05) is 13.1 Å². The summed E-state index contributed by atoms with van der Waals surface area (Å²) in [6, 6.07) is 3.14. The standard InChI is InChI=1S/C11H10F3N3O4/c12-11(13,14)6-17(5-9(18)19)4-8-15-10(16-21-8)7-2-1-3-20-7/h1-3H,4-6H2,(H,18,19). The molecule has 2 rings (SSSR count). The minimum atomic E-state index is -4.53. The van der Waals surface area contributed by atoms with Crippen LogP contribution in [0.25, 0.3) is 11.6 Å². The molecule has 10 heteroatoms. The van der Waals surface area contributed by atoms with Crippen LogP contribution in [-0.4, -0.2) is 45.4 Å². The van der Waals surface area contributed by atoms with Gasteiger partial charge in [-0.25, -0.2) is 0 Å². The van der Waals surface area contributed by atoms with Crippen LogP contribution in [0.3, 0.4) is 0 Å². The molecule has 0 saturated heterocycles. The van der Waals surface area contributed by atoms with Crippen LogP contribution in [0.15, 0.2) is 27.3 Å². The van der Waals surface area contributed by atoms with E-state index in [4.69, 9.17) is 14.0 Å². The number of hydrogen-bond donors (Lipinski definition) is 1. The van der Waals surface area contributed by atoms with Gasteiger partial charge in [0.15, 0.2) is 5.76 Å². The summed E-state index contributed by atoms with van der Waals surface area (Å²) in [5.74, 6) is -1.14. The second kappa shape index (κ2) is 5.95. The van der Waals surface area contributed by atoms with Gasteiger partial charge in [0, 0.05) is 0 Å². The first-order valence-electron chi connectivity index (χ1n) is 5.71. The molecule has 0 bridgehead atoms. The van der Waals surface area contributed by atoms with Gasteiger partial charge in [-0.1, -0.05) is 5.16 Å². The van der Waals surface area contributed by atoms with Gasteiger partial charge in [-0.2, -0.15) is 18.2 Å². The van der Waals surface area contributed by atoms with Gasteiger partial charge in [0.2, 0.25) is 11.7 Å². The molecule has 0 aliphatic heterocycles. The number of rotatable bonds is 6. The lowest BCUT2D eigenvalue weighted by Gasteiger charge is -2.19. The van der Waals surface area contributed by atoms with Crippen LogP contribution < -0.4 is 0 Å². The van der Waals surface area contributed by atoms with Gasteiger partial charge >= 0.3 is 12.1 Å². The van der Waals surface area contributed by atoms with Crippen molar-refractivity contribution in [3.63, 3.8) is 0 Å². The number of halogens is 3. The van der Waals surface area contributed by atoms with Crippen molar-refractivity contribution in [3.8, 4) is 11.6 Å². The minimum Gasteiger partial charge on any atom is -0.480 e. The van der Waals surface area contributed by atoms with Crippen LogP contribution in [0.5, 0.6) is 0 Å². The fraction of sp³-hybridized carbons (Fsp3) is 0.364. The van der Waals surface area contributed by atoms with E-state index in [2.05, 4.69) is 10.1 Å². The molecule has 0 fully saturated rings. The molecule has 0 unspecified atom stereocenters. The Labute approximate surface area is 116 Å². The van der Waals surface area contributed by atoms with Gasteiger partial charge in [-0.15, -0.1) is 0 Å². The van der Waals surface area contributed by atoms with Crippen LogP contribution in [-0.2, 0) is 11.3 Å². The van der Waals surface area contributed by atoms with Crippen LogP contribution >= 0.6 is 0 Å². The van der Waals surface area contributed by atoms with Crippen molar-refractivity contribution in [3.05, 3.63) is 24.3 Å². The lowest BCUT2D eigenvalue weighted by molar-refractivity contribution is -0.155. The van der Waals surface area contributed by atoms with Crippen LogP contribution in [0.4, 0.5) is 13.2 Å². The summed E-state index contributed by atoms with van der Waals surface area (Å²) in [6.07, 6.45) is -3.15. The zero-order valence-electron chi connectivity index (χ0n) is 10.5. The topological polar surface area (TPSA) is 92.6 Å². The van der Waals surface area contributed by atoms with Crippen LogP contribution in [0, 0.1) is 0 Å². The number of aromatic nitrogens is 2. The summed E-state index contributed by atoms with van der Waals surface area (Å²) < 4.78 is 46.9. The summed E-state index contributed by atoms with van der Waals surface area (Å²) in [4.78, 5) is 15.1. The molecule has 7 nitrogen and oxygen atoms in total. The van der Waals surface area contributed by atoms with Crippen molar-refractivity contribution in [2.45, 2.75) is 12.7 Å². The molecule has 1 N–H and O–H groups in total. The van der Waals surface area contributed by atoms with E-state index in [1.807, 2.05) is 0 Å². The summed E-state index contributed by atoms with van der Waals surface area (Å²) in [6.45, 7) is -2.62. The Morgan fingerprint density at radius 2 is 2.19 bits per heavy atom. The number of nitrogens with zero attached hydrogens (tertiary/aromatic N) is 3. The zero-order chi connectivity index (χ0) is 15.5. The molecule has 0 aromatic carbocycles. The van der Waals surface area contributed by atoms with Gasteiger partial charge in [0.05, 0.1) is 25.9 Å². The van der Waals surface area contributed by atoms with E-state index in [-0.39, 0.29) is 11.7 Å². The maximum Gasteiger partial charge on any atom is 0.401 e. The zero-order valence-corrected chi connectivity index (χ0v) is 10.5. The maximum absolute atomic E-state index is 12.4. The van der Waals surface area contributed by atoms with Crippen molar-refractivity contribution in [1.29, 1.82) is 0 Å². The Morgan fingerprint density at radius 1 is 1.43 bits per heavy atom. The first-order valence-corrected chi connectivity index (χ1v) is 5.71. The number of carboxylic acid groups (broad SMARTS) is 1. The molecule has 2 aromatic heterocycles. The van der Waals surface area contributed by atoms with Crippen molar-refractivity contribution < 1.29 is 32.0 Å². The van der Waals surface area contributed by atoms with Gasteiger partial charge in [-0.05, 0) is 12.1 Å². The fourth-order valence-electron chi connectivity index (χ4n) is 1.63. The molecule has 0 saturated carbocycles. The Hall–Kier alpha value is -2.36. The maximum atomic E-state index is 12.4. The quantitative estimate of drug-likeness (QED) is 0.869. The van der Waals surface area contributed by atoms with E-state index < -0.39 is 31.8 Å². The predicted octanol–water partition coefficient (Wildman–Crippen LogP) is 1.78. The van der Waals surface area contributed by atoms with Crippen LogP contribution in [0.2, 0.25) is 0 Å².